The summed E-state index contributed by atoms with van der Waals surface area (Å²) in [4.78, 5) is 21.3. The first-order valence-electron chi connectivity index (χ1n) is 9.35. The van der Waals surface area contributed by atoms with Crippen LogP contribution in [0.15, 0.2) is 48.5 Å². The Hall–Kier alpha value is -2.24. The number of amides is 1. The molecule has 1 heterocycles. The molecule has 0 saturated heterocycles. The minimum Gasteiger partial charge on any atom is -0.335 e. The average Bonchev–Trinajstić information content (AvgIpc) is 3.11. The van der Waals surface area contributed by atoms with E-state index < -0.39 is 0 Å². The quantitative estimate of drug-likeness (QED) is 0.604. The van der Waals surface area contributed by atoms with E-state index in [0.29, 0.717) is 6.54 Å². The molecule has 0 N–H and O–H groups in total. The average molecular weight is 382 g/mol. The summed E-state index contributed by atoms with van der Waals surface area (Å²) in [6.45, 7) is 5.35. The van der Waals surface area contributed by atoms with Crippen LogP contribution in [0, 0.1) is 0 Å². The Bertz CT molecular complexity index is 870. The third-order valence-corrected chi connectivity index (χ3v) is 6.14. The molecule has 4 nitrogen and oxygen atoms in total. The second-order valence-electron chi connectivity index (χ2n) is 7.04. The fourth-order valence-corrected chi connectivity index (χ4v) is 4.10. The van der Waals surface area contributed by atoms with Gasteiger partial charge in [-0.05, 0) is 43.7 Å². The van der Waals surface area contributed by atoms with Gasteiger partial charge in [0.05, 0.1) is 22.8 Å². The molecule has 0 spiro atoms. The van der Waals surface area contributed by atoms with E-state index in [1.807, 2.05) is 39.2 Å². The van der Waals surface area contributed by atoms with Crippen LogP contribution in [0.1, 0.15) is 36.0 Å². The molecular formula is C22H27N3OS. The van der Waals surface area contributed by atoms with Crippen molar-refractivity contribution in [1.82, 2.24) is 14.8 Å². The Balaban J connectivity index is 1.60. The molecule has 0 aliphatic carbocycles. The molecule has 1 amide bonds. The number of carbonyl (C=O) groups is 1. The topological polar surface area (TPSA) is 36.4 Å². The molecule has 0 radical (unpaired) electrons. The highest BCUT2D eigenvalue weighted by atomic mass is 32.1. The highest BCUT2D eigenvalue weighted by Gasteiger charge is 2.21. The van der Waals surface area contributed by atoms with E-state index in [1.165, 1.54) is 11.1 Å². The van der Waals surface area contributed by atoms with Crippen molar-refractivity contribution in [3.05, 3.63) is 64.7 Å². The number of hydrogen-bond acceptors (Lipinski definition) is 4. The van der Waals surface area contributed by atoms with Gasteiger partial charge >= 0.3 is 0 Å². The summed E-state index contributed by atoms with van der Waals surface area (Å²) in [5.41, 5.74) is 3.56. The van der Waals surface area contributed by atoms with Gasteiger partial charge in [-0.15, -0.1) is 11.3 Å². The lowest BCUT2D eigenvalue weighted by molar-refractivity contribution is -0.132. The molecule has 0 aliphatic heterocycles. The van der Waals surface area contributed by atoms with Crippen molar-refractivity contribution < 1.29 is 4.79 Å². The molecule has 0 unspecified atom stereocenters. The fourth-order valence-electron chi connectivity index (χ4n) is 3.04. The summed E-state index contributed by atoms with van der Waals surface area (Å²) in [7, 11) is 3.85. The Labute approximate surface area is 165 Å². The van der Waals surface area contributed by atoms with Gasteiger partial charge in [-0.1, -0.05) is 43.3 Å². The summed E-state index contributed by atoms with van der Waals surface area (Å²) in [5, 5.41) is 0.977. The first-order valence-corrected chi connectivity index (χ1v) is 10.2. The number of benzene rings is 2. The molecule has 0 bridgehead atoms. The standard InChI is InChI=1S/C22H27N3OS/c1-5-17-10-12-18(13-11-17)14-24(3)15-21(26)25(4)16(2)22-23-19-8-6-7-9-20(19)27-22/h6-13,16H,5,14-15H2,1-4H3/t16-/m0/s1. The normalized spacial score (nSPS) is 12.5. The third-order valence-electron chi connectivity index (χ3n) is 4.93. The molecule has 0 saturated carbocycles. The zero-order valence-electron chi connectivity index (χ0n) is 16.5. The number of hydrogen-bond donors (Lipinski definition) is 0. The Morgan fingerprint density at radius 3 is 2.41 bits per heavy atom. The number of fused-ring (bicyclic) bond motifs is 1. The minimum atomic E-state index is -0.0351. The van der Waals surface area contributed by atoms with Crippen LogP contribution in [-0.2, 0) is 17.8 Å². The van der Waals surface area contributed by atoms with Gasteiger partial charge in [0.25, 0.3) is 0 Å². The van der Waals surface area contributed by atoms with Crippen LogP contribution in [0.4, 0.5) is 0 Å². The summed E-state index contributed by atoms with van der Waals surface area (Å²) >= 11 is 1.66. The number of nitrogens with zero attached hydrogens (tertiary/aromatic N) is 3. The van der Waals surface area contributed by atoms with E-state index in [0.717, 1.165) is 28.2 Å². The second-order valence-corrected chi connectivity index (χ2v) is 8.11. The van der Waals surface area contributed by atoms with Crippen LogP contribution in [-0.4, -0.2) is 41.3 Å². The number of aryl methyl sites for hydroxylation is 1. The number of thiazole rings is 1. The summed E-state index contributed by atoms with van der Waals surface area (Å²) < 4.78 is 1.16. The van der Waals surface area contributed by atoms with Crippen molar-refractivity contribution in [2.75, 3.05) is 20.6 Å². The van der Waals surface area contributed by atoms with Gasteiger partial charge in [-0.3, -0.25) is 9.69 Å². The maximum absolute atomic E-state index is 12.7. The van der Waals surface area contributed by atoms with Crippen LogP contribution >= 0.6 is 11.3 Å². The lowest BCUT2D eigenvalue weighted by Gasteiger charge is -2.26. The van der Waals surface area contributed by atoms with Crippen molar-refractivity contribution in [3.8, 4) is 0 Å². The molecule has 3 aromatic rings. The van der Waals surface area contributed by atoms with Gasteiger partial charge in [0.2, 0.25) is 5.91 Å². The van der Waals surface area contributed by atoms with Gasteiger partial charge in [-0.2, -0.15) is 0 Å². The monoisotopic (exact) mass is 381 g/mol. The molecule has 0 aliphatic rings. The molecule has 142 valence electrons. The molecule has 1 aromatic heterocycles. The second kappa shape index (κ2) is 8.63. The maximum Gasteiger partial charge on any atom is 0.237 e. The SMILES string of the molecule is CCc1ccc(CN(C)CC(=O)N(C)[C@@H](C)c2nc3ccccc3s2)cc1. The molecule has 1 atom stereocenters. The summed E-state index contributed by atoms with van der Waals surface area (Å²) in [5.74, 6) is 0.106. The first-order chi connectivity index (χ1) is 13.0. The third kappa shape index (κ3) is 4.73. The lowest BCUT2D eigenvalue weighted by Crippen LogP contribution is -2.37. The zero-order chi connectivity index (χ0) is 19.4. The highest BCUT2D eigenvalue weighted by molar-refractivity contribution is 7.18. The molecular weight excluding hydrogens is 354 g/mol. The molecule has 3 rings (SSSR count). The number of carbonyl (C=O) groups excluding carboxylic acids is 1. The van der Waals surface area contributed by atoms with Crippen LogP contribution in [0.5, 0.6) is 0 Å². The van der Waals surface area contributed by atoms with Crippen molar-refractivity contribution in [2.45, 2.75) is 32.9 Å². The van der Waals surface area contributed by atoms with Crippen LogP contribution in [0.25, 0.3) is 10.2 Å². The predicted octanol–water partition coefficient (Wildman–Crippen LogP) is 4.51. The van der Waals surface area contributed by atoms with Gasteiger partial charge in [0.15, 0.2) is 0 Å². The smallest absolute Gasteiger partial charge is 0.237 e. The van der Waals surface area contributed by atoms with Gasteiger partial charge in [-0.25, -0.2) is 4.98 Å². The van der Waals surface area contributed by atoms with Crippen molar-refractivity contribution in [1.29, 1.82) is 0 Å². The Morgan fingerprint density at radius 2 is 1.74 bits per heavy atom. The lowest BCUT2D eigenvalue weighted by atomic mass is 10.1. The van der Waals surface area contributed by atoms with E-state index in [1.54, 1.807) is 16.2 Å². The number of likely N-dealkylation sites (N-methyl/N-ethyl adjacent to an activating group) is 2. The maximum atomic E-state index is 12.7. The van der Waals surface area contributed by atoms with Gasteiger partial charge < -0.3 is 4.90 Å². The summed E-state index contributed by atoms with van der Waals surface area (Å²) in [6.07, 6.45) is 1.04. The molecule has 27 heavy (non-hydrogen) atoms. The number of aromatic nitrogens is 1. The predicted molar refractivity (Wildman–Crippen MR) is 113 cm³/mol. The molecule has 2 aromatic carbocycles. The first kappa shape index (κ1) is 19.5. The van der Waals surface area contributed by atoms with E-state index in [4.69, 9.17) is 4.98 Å². The fraction of sp³-hybridized carbons (Fsp3) is 0.364. The van der Waals surface area contributed by atoms with E-state index >= 15 is 0 Å². The Morgan fingerprint density at radius 1 is 1.07 bits per heavy atom. The highest BCUT2D eigenvalue weighted by Crippen LogP contribution is 2.28. The van der Waals surface area contributed by atoms with Gasteiger partial charge in [0, 0.05) is 13.6 Å². The number of para-hydroxylation sites is 1. The van der Waals surface area contributed by atoms with Crippen LogP contribution in [0.3, 0.4) is 0 Å². The van der Waals surface area contributed by atoms with E-state index in [9.17, 15) is 4.79 Å². The molecule has 0 fully saturated rings. The Kier molecular flexibility index (Phi) is 6.24. The van der Waals surface area contributed by atoms with Crippen molar-refractivity contribution in [3.63, 3.8) is 0 Å². The van der Waals surface area contributed by atoms with Crippen LogP contribution in [0.2, 0.25) is 0 Å². The van der Waals surface area contributed by atoms with Gasteiger partial charge in [0.1, 0.15) is 5.01 Å². The van der Waals surface area contributed by atoms with Crippen molar-refractivity contribution >= 4 is 27.5 Å². The summed E-state index contributed by atoms with van der Waals surface area (Å²) in [6, 6.07) is 16.7. The van der Waals surface area contributed by atoms with Crippen LogP contribution < -0.4 is 0 Å². The minimum absolute atomic E-state index is 0.0351. The number of rotatable bonds is 7. The van der Waals surface area contributed by atoms with Crippen molar-refractivity contribution in [2.24, 2.45) is 0 Å². The largest absolute Gasteiger partial charge is 0.335 e. The zero-order valence-corrected chi connectivity index (χ0v) is 17.3. The van der Waals surface area contributed by atoms with E-state index in [2.05, 4.69) is 42.2 Å². The molecule has 5 heteroatoms. The van der Waals surface area contributed by atoms with E-state index in [-0.39, 0.29) is 11.9 Å².